The molecular formula is C23H16N2O5. The number of non-ortho nitro benzene ring substituents is 1. The van der Waals surface area contributed by atoms with Gasteiger partial charge in [0.15, 0.2) is 0 Å². The van der Waals surface area contributed by atoms with Crippen molar-refractivity contribution in [2.75, 3.05) is 0 Å². The number of nitriles is 1. The Labute approximate surface area is 172 Å². The number of nitro groups is 1. The van der Waals surface area contributed by atoms with Crippen LogP contribution in [-0.4, -0.2) is 16.0 Å². The first-order valence-electron chi connectivity index (χ1n) is 8.88. The molecule has 0 aliphatic heterocycles. The van der Waals surface area contributed by atoms with E-state index in [1.54, 1.807) is 54.6 Å². The third-order valence-electron chi connectivity index (χ3n) is 4.26. The summed E-state index contributed by atoms with van der Waals surface area (Å²) in [5.74, 6) is -0.410. The van der Waals surface area contributed by atoms with Crippen LogP contribution in [0.2, 0.25) is 0 Å². The van der Waals surface area contributed by atoms with Gasteiger partial charge in [0, 0.05) is 12.1 Å². The highest BCUT2D eigenvalue weighted by Gasteiger charge is 2.09. The summed E-state index contributed by atoms with van der Waals surface area (Å²) in [6, 6.07) is 21.5. The Morgan fingerprint density at radius 1 is 1.07 bits per heavy atom. The molecule has 0 saturated carbocycles. The molecule has 0 saturated heterocycles. The number of rotatable bonds is 7. The zero-order chi connectivity index (χ0) is 21.5. The summed E-state index contributed by atoms with van der Waals surface area (Å²) in [5.41, 5.74) is 2.35. The van der Waals surface area contributed by atoms with Gasteiger partial charge in [0.1, 0.15) is 12.4 Å². The van der Waals surface area contributed by atoms with Crippen LogP contribution in [0, 0.1) is 21.4 Å². The van der Waals surface area contributed by atoms with E-state index >= 15 is 0 Å². The number of hydrogen-bond acceptors (Lipinski definition) is 5. The van der Waals surface area contributed by atoms with Crippen molar-refractivity contribution in [3.8, 4) is 11.8 Å². The second kappa shape index (κ2) is 9.17. The molecule has 3 aromatic carbocycles. The molecule has 0 fully saturated rings. The summed E-state index contributed by atoms with van der Waals surface area (Å²) in [6.07, 6.45) is 1.64. The predicted octanol–water partition coefficient (Wildman–Crippen LogP) is 4.94. The minimum Gasteiger partial charge on any atom is -0.489 e. The van der Waals surface area contributed by atoms with E-state index in [0.717, 1.165) is 11.1 Å². The molecule has 0 aromatic heterocycles. The monoisotopic (exact) mass is 400 g/mol. The highest BCUT2D eigenvalue weighted by molar-refractivity contribution is 5.90. The lowest BCUT2D eigenvalue weighted by atomic mass is 10.0. The van der Waals surface area contributed by atoms with Crippen molar-refractivity contribution in [3.05, 3.63) is 105 Å². The number of nitro benzene ring substituents is 1. The van der Waals surface area contributed by atoms with Gasteiger partial charge in [-0.05, 0) is 47.0 Å². The van der Waals surface area contributed by atoms with Crippen molar-refractivity contribution in [1.29, 1.82) is 5.26 Å². The lowest BCUT2D eigenvalue weighted by Gasteiger charge is -2.07. The zero-order valence-electron chi connectivity index (χ0n) is 15.7. The molecule has 0 aliphatic carbocycles. The highest BCUT2D eigenvalue weighted by atomic mass is 16.6. The predicted molar refractivity (Wildman–Crippen MR) is 111 cm³/mol. The van der Waals surface area contributed by atoms with E-state index in [-0.39, 0.29) is 17.9 Å². The van der Waals surface area contributed by atoms with Gasteiger partial charge >= 0.3 is 5.97 Å². The molecule has 30 heavy (non-hydrogen) atoms. The largest absolute Gasteiger partial charge is 0.489 e. The molecule has 0 spiro atoms. The molecule has 3 rings (SSSR count). The number of carboxylic acid groups (broad SMARTS) is 1. The molecule has 7 heteroatoms. The van der Waals surface area contributed by atoms with Crippen molar-refractivity contribution < 1.29 is 19.6 Å². The third kappa shape index (κ3) is 5.09. The summed E-state index contributed by atoms with van der Waals surface area (Å²) < 4.78 is 5.69. The van der Waals surface area contributed by atoms with Crippen LogP contribution in [0.3, 0.4) is 0 Å². The van der Waals surface area contributed by atoms with Gasteiger partial charge < -0.3 is 9.84 Å². The van der Waals surface area contributed by atoms with E-state index in [2.05, 4.69) is 6.07 Å². The van der Waals surface area contributed by atoms with E-state index in [4.69, 9.17) is 9.84 Å². The molecule has 0 atom stereocenters. The van der Waals surface area contributed by atoms with Gasteiger partial charge in [0.2, 0.25) is 0 Å². The SMILES string of the molecule is N#CC(=Cc1ccc(OCc2cccc(C(=O)O)c2)cc1)c1cccc([N+](=O)[O-])c1. The molecule has 7 nitrogen and oxygen atoms in total. The first kappa shape index (κ1) is 20.3. The smallest absolute Gasteiger partial charge is 0.335 e. The fraction of sp³-hybridized carbons (Fsp3) is 0.0435. The Morgan fingerprint density at radius 2 is 1.77 bits per heavy atom. The van der Waals surface area contributed by atoms with E-state index in [1.807, 2.05) is 0 Å². The van der Waals surface area contributed by atoms with Crippen molar-refractivity contribution in [3.63, 3.8) is 0 Å². The maximum atomic E-state index is 11.0. The highest BCUT2D eigenvalue weighted by Crippen LogP contribution is 2.23. The van der Waals surface area contributed by atoms with Crippen LogP contribution >= 0.6 is 0 Å². The Bertz CT molecular complexity index is 1160. The molecule has 148 valence electrons. The molecular weight excluding hydrogens is 384 g/mol. The topological polar surface area (TPSA) is 113 Å². The quantitative estimate of drug-likeness (QED) is 0.260. The summed E-state index contributed by atoms with van der Waals surface area (Å²) in [6.45, 7) is 0.216. The fourth-order valence-electron chi connectivity index (χ4n) is 2.75. The molecule has 0 bridgehead atoms. The number of carbonyl (C=O) groups is 1. The number of hydrogen-bond donors (Lipinski definition) is 1. The number of benzene rings is 3. The van der Waals surface area contributed by atoms with Crippen LogP contribution in [0.15, 0.2) is 72.8 Å². The lowest BCUT2D eigenvalue weighted by Crippen LogP contribution is -2.00. The minimum atomic E-state index is -0.995. The Balaban J connectivity index is 1.72. The van der Waals surface area contributed by atoms with Gasteiger partial charge in [-0.15, -0.1) is 0 Å². The summed E-state index contributed by atoms with van der Waals surface area (Å²) >= 11 is 0. The second-order valence-corrected chi connectivity index (χ2v) is 6.34. The second-order valence-electron chi connectivity index (χ2n) is 6.34. The number of ether oxygens (including phenoxy) is 1. The summed E-state index contributed by atoms with van der Waals surface area (Å²) in [7, 11) is 0. The van der Waals surface area contributed by atoms with Crippen LogP contribution in [0.1, 0.15) is 27.0 Å². The van der Waals surface area contributed by atoms with E-state index < -0.39 is 10.9 Å². The number of aromatic carboxylic acids is 1. The van der Waals surface area contributed by atoms with Crippen LogP contribution in [0.4, 0.5) is 5.69 Å². The van der Waals surface area contributed by atoms with Crippen LogP contribution in [0.5, 0.6) is 5.75 Å². The summed E-state index contributed by atoms with van der Waals surface area (Å²) in [5, 5.41) is 29.4. The molecule has 3 aromatic rings. The first-order valence-corrected chi connectivity index (χ1v) is 8.88. The van der Waals surface area contributed by atoms with Crippen molar-refractivity contribution >= 4 is 23.3 Å². The Hall–Kier alpha value is -4.44. The van der Waals surface area contributed by atoms with Gasteiger partial charge in [-0.1, -0.05) is 36.4 Å². The molecule has 0 amide bonds. The molecule has 0 radical (unpaired) electrons. The maximum absolute atomic E-state index is 11.0. The summed E-state index contributed by atoms with van der Waals surface area (Å²) in [4.78, 5) is 21.5. The van der Waals surface area contributed by atoms with Gasteiger partial charge in [0.05, 0.1) is 22.1 Å². The van der Waals surface area contributed by atoms with Gasteiger partial charge in [-0.25, -0.2) is 4.79 Å². The maximum Gasteiger partial charge on any atom is 0.335 e. The average molecular weight is 400 g/mol. The minimum absolute atomic E-state index is 0.0793. The van der Waals surface area contributed by atoms with E-state index in [9.17, 15) is 20.2 Å². The molecule has 0 unspecified atom stereocenters. The van der Waals surface area contributed by atoms with Gasteiger partial charge in [-0.2, -0.15) is 5.26 Å². The number of allylic oxidation sites excluding steroid dienone is 1. The molecule has 1 N–H and O–H groups in total. The van der Waals surface area contributed by atoms with Gasteiger partial charge in [0.25, 0.3) is 5.69 Å². The Kier molecular flexibility index (Phi) is 6.20. The van der Waals surface area contributed by atoms with E-state index in [1.165, 1.54) is 24.3 Å². The third-order valence-corrected chi connectivity index (χ3v) is 4.26. The normalized spacial score (nSPS) is 10.8. The van der Waals surface area contributed by atoms with E-state index in [0.29, 0.717) is 16.9 Å². The lowest BCUT2D eigenvalue weighted by molar-refractivity contribution is -0.384. The number of carboxylic acids is 1. The van der Waals surface area contributed by atoms with Crippen molar-refractivity contribution in [2.24, 2.45) is 0 Å². The molecule has 0 aliphatic rings. The van der Waals surface area contributed by atoms with Crippen LogP contribution in [0.25, 0.3) is 11.6 Å². The zero-order valence-corrected chi connectivity index (χ0v) is 15.7. The van der Waals surface area contributed by atoms with Crippen LogP contribution in [-0.2, 0) is 6.61 Å². The van der Waals surface area contributed by atoms with Crippen LogP contribution < -0.4 is 4.74 Å². The molecule has 0 heterocycles. The Morgan fingerprint density at radius 3 is 2.43 bits per heavy atom. The standard InChI is InChI=1S/C23H16N2O5/c24-14-20(18-4-2-6-21(13-18)25(28)29)11-16-7-9-22(10-8-16)30-15-17-3-1-5-19(12-17)23(26)27/h1-13H,15H2,(H,26,27). The van der Waals surface area contributed by atoms with Crippen molar-refractivity contribution in [2.45, 2.75) is 6.61 Å². The van der Waals surface area contributed by atoms with Crippen molar-refractivity contribution in [1.82, 2.24) is 0 Å². The average Bonchev–Trinajstić information content (AvgIpc) is 2.77. The number of nitrogens with zero attached hydrogens (tertiary/aromatic N) is 2. The fourth-order valence-corrected chi connectivity index (χ4v) is 2.75. The van der Waals surface area contributed by atoms with Gasteiger partial charge in [-0.3, -0.25) is 10.1 Å². The first-order chi connectivity index (χ1) is 14.5.